The third-order valence-electron chi connectivity index (χ3n) is 4.13. The lowest BCUT2D eigenvalue weighted by atomic mass is 10.2. The summed E-state index contributed by atoms with van der Waals surface area (Å²) in [6.45, 7) is 0. The van der Waals surface area contributed by atoms with E-state index in [1.807, 2.05) is 6.20 Å². The average molecular weight is 325 g/mol. The number of aromatic nitrogens is 2. The SMILES string of the molecule is Brc1cnc(NC2CCCC2)nc1NC1CCCC1. The zero-order chi connectivity index (χ0) is 13.1. The van der Waals surface area contributed by atoms with E-state index in [-0.39, 0.29) is 0 Å². The summed E-state index contributed by atoms with van der Waals surface area (Å²) in [5.74, 6) is 1.69. The molecule has 2 aliphatic rings. The fourth-order valence-electron chi connectivity index (χ4n) is 3.05. The molecular formula is C14H21BrN4. The van der Waals surface area contributed by atoms with Crippen LogP contribution in [-0.2, 0) is 0 Å². The minimum Gasteiger partial charge on any atom is -0.366 e. The van der Waals surface area contributed by atoms with Crippen LogP contribution in [0.3, 0.4) is 0 Å². The van der Waals surface area contributed by atoms with Gasteiger partial charge in [0.05, 0.1) is 4.47 Å². The van der Waals surface area contributed by atoms with E-state index in [4.69, 9.17) is 0 Å². The zero-order valence-corrected chi connectivity index (χ0v) is 12.7. The van der Waals surface area contributed by atoms with Crippen molar-refractivity contribution >= 4 is 27.7 Å². The van der Waals surface area contributed by atoms with E-state index in [1.165, 1.54) is 51.4 Å². The summed E-state index contributed by atoms with van der Waals surface area (Å²) in [4.78, 5) is 8.99. The van der Waals surface area contributed by atoms with Gasteiger partial charge in [0.25, 0.3) is 0 Å². The van der Waals surface area contributed by atoms with Crippen LogP contribution in [0.25, 0.3) is 0 Å². The number of nitrogens with zero attached hydrogens (tertiary/aromatic N) is 2. The number of anilines is 2. The first-order valence-corrected chi connectivity index (χ1v) is 8.16. The standard InChI is InChI=1S/C14H21BrN4/c15-12-9-16-14(18-11-7-3-4-8-11)19-13(12)17-10-5-1-2-6-10/h9-11H,1-8H2,(H2,16,17,18,19). The molecule has 0 bridgehead atoms. The van der Waals surface area contributed by atoms with E-state index in [2.05, 4.69) is 36.5 Å². The monoisotopic (exact) mass is 324 g/mol. The number of rotatable bonds is 4. The molecule has 0 aromatic carbocycles. The van der Waals surface area contributed by atoms with Gasteiger partial charge in [-0.2, -0.15) is 4.98 Å². The van der Waals surface area contributed by atoms with Gasteiger partial charge in [-0.3, -0.25) is 0 Å². The van der Waals surface area contributed by atoms with Crippen LogP contribution in [0.15, 0.2) is 10.7 Å². The van der Waals surface area contributed by atoms with Crippen LogP contribution in [0.4, 0.5) is 11.8 Å². The predicted molar refractivity (Wildman–Crippen MR) is 81.5 cm³/mol. The normalized spacial score (nSPS) is 20.9. The van der Waals surface area contributed by atoms with Gasteiger partial charge in [0.15, 0.2) is 0 Å². The van der Waals surface area contributed by atoms with Gasteiger partial charge in [0, 0.05) is 18.3 Å². The van der Waals surface area contributed by atoms with E-state index in [9.17, 15) is 0 Å². The Kier molecular flexibility index (Phi) is 4.21. The minimum absolute atomic E-state index is 0.556. The minimum atomic E-state index is 0.556. The van der Waals surface area contributed by atoms with Crippen LogP contribution < -0.4 is 10.6 Å². The molecule has 2 saturated carbocycles. The summed E-state index contributed by atoms with van der Waals surface area (Å²) in [7, 11) is 0. The zero-order valence-electron chi connectivity index (χ0n) is 11.2. The average Bonchev–Trinajstić information content (AvgIpc) is 3.07. The van der Waals surface area contributed by atoms with Gasteiger partial charge in [0.1, 0.15) is 5.82 Å². The van der Waals surface area contributed by atoms with Crippen molar-refractivity contribution in [2.75, 3.05) is 10.6 Å². The first kappa shape index (κ1) is 13.2. The molecule has 4 nitrogen and oxygen atoms in total. The van der Waals surface area contributed by atoms with Crippen LogP contribution in [-0.4, -0.2) is 22.1 Å². The molecule has 5 heteroatoms. The molecule has 0 radical (unpaired) electrons. The van der Waals surface area contributed by atoms with Gasteiger partial charge >= 0.3 is 0 Å². The summed E-state index contributed by atoms with van der Waals surface area (Å²) in [5.41, 5.74) is 0. The number of nitrogens with one attached hydrogen (secondary N) is 2. The molecule has 104 valence electrons. The van der Waals surface area contributed by atoms with Crippen molar-refractivity contribution < 1.29 is 0 Å². The molecule has 3 rings (SSSR count). The lowest BCUT2D eigenvalue weighted by Gasteiger charge is -2.16. The second kappa shape index (κ2) is 6.07. The molecule has 2 N–H and O–H groups in total. The predicted octanol–water partition coefficient (Wildman–Crippen LogP) is 3.95. The van der Waals surface area contributed by atoms with Crippen molar-refractivity contribution in [1.29, 1.82) is 0 Å². The van der Waals surface area contributed by atoms with E-state index in [0.29, 0.717) is 12.1 Å². The van der Waals surface area contributed by atoms with Crippen LogP contribution in [0.5, 0.6) is 0 Å². The molecule has 0 atom stereocenters. The Labute approximate surface area is 122 Å². The van der Waals surface area contributed by atoms with Gasteiger partial charge in [-0.05, 0) is 41.6 Å². The van der Waals surface area contributed by atoms with E-state index >= 15 is 0 Å². The molecule has 0 aliphatic heterocycles. The maximum absolute atomic E-state index is 4.62. The van der Waals surface area contributed by atoms with Gasteiger partial charge in [-0.1, -0.05) is 25.7 Å². The van der Waals surface area contributed by atoms with Crippen molar-refractivity contribution in [2.45, 2.75) is 63.5 Å². The third kappa shape index (κ3) is 3.38. The molecule has 0 amide bonds. The summed E-state index contributed by atoms with van der Waals surface area (Å²) in [6, 6.07) is 1.13. The van der Waals surface area contributed by atoms with Crippen molar-refractivity contribution in [3.63, 3.8) is 0 Å². The second-order valence-electron chi connectivity index (χ2n) is 5.64. The molecule has 1 heterocycles. The van der Waals surface area contributed by atoms with E-state index in [1.54, 1.807) is 0 Å². The maximum Gasteiger partial charge on any atom is 0.224 e. The topological polar surface area (TPSA) is 49.8 Å². The largest absolute Gasteiger partial charge is 0.366 e. The Morgan fingerprint density at radius 1 is 0.947 bits per heavy atom. The van der Waals surface area contributed by atoms with Crippen molar-refractivity contribution in [1.82, 2.24) is 9.97 Å². The van der Waals surface area contributed by atoms with Crippen molar-refractivity contribution in [3.8, 4) is 0 Å². The molecule has 2 fully saturated rings. The highest BCUT2D eigenvalue weighted by molar-refractivity contribution is 9.10. The molecule has 19 heavy (non-hydrogen) atoms. The quantitative estimate of drug-likeness (QED) is 0.880. The Balaban J connectivity index is 1.67. The molecule has 0 saturated heterocycles. The maximum atomic E-state index is 4.62. The van der Waals surface area contributed by atoms with E-state index < -0.39 is 0 Å². The van der Waals surface area contributed by atoms with Crippen LogP contribution in [0, 0.1) is 0 Å². The number of hydrogen-bond acceptors (Lipinski definition) is 4. The summed E-state index contributed by atoms with van der Waals surface area (Å²) in [6.07, 6.45) is 12.1. The summed E-state index contributed by atoms with van der Waals surface area (Å²) < 4.78 is 0.955. The fraction of sp³-hybridized carbons (Fsp3) is 0.714. The summed E-state index contributed by atoms with van der Waals surface area (Å²) in [5, 5.41) is 6.99. The smallest absolute Gasteiger partial charge is 0.224 e. The van der Waals surface area contributed by atoms with Gasteiger partial charge in [-0.25, -0.2) is 4.98 Å². The van der Waals surface area contributed by atoms with Gasteiger partial charge < -0.3 is 10.6 Å². The number of halogens is 1. The lowest BCUT2D eigenvalue weighted by Crippen LogP contribution is -2.19. The highest BCUT2D eigenvalue weighted by atomic mass is 79.9. The van der Waals surface area contributed by atoms with Crippen molar-refractivity contribution in [3.05, 3.63) is 10.7 Å². The van der Waals surface area contributed by atoms with Crippen LogP contribution >= 0.6 is 15.9 Å². The lowest BCUT2D eigenvalue weighted by molar-refractivity contribution is 0.736. The molecule has 1 aromatic heterocycles. The summed E-state index contributed by atoms with van der Waals surface area (Å²) >= 11 is 3.54. The second-order valence-corrected chi connectivity index (χ2v) is 6.50. The first-order chi connectivity index (χ1) is 9.31. The molecule has 0 unspecified atom stereocenters. The highest BCUT2D eigenvalue weighted by Crippen LogP contribution is 2.27. The van der Waals surface area contributed by atoms with Crippen molar-refractivity contribution in [2.24, 2.45) is 0 Å². The van der Waals surface area contributed by atoms with Gasteiger partial charge in [-0.15, -0.1) is 0 Å². The molecule has 1 aromatic rings. The third-order valence-corrected chi connectivity index (χ3v) is 4.71. The van der Waals surface area contributed by atoms with E-state index in [0.717, 1.165) is 16.2 Å². The van der Waals surface area contributed by atoms with Crippen LogP contribution in [0.1, 0.15) is 51.4 Å². The molecular weight excluding hydrogens is 304 g/mol. The Bertz CT molecular complexity index is 425. The molecule has 0 spiro atoms. The number of hydrogen-bond donors (Lipinski definition) is 2. The molecule has 2 aliphatic carbocycles. The highest BCUT2D eigenvalue weighted by Gasteiger charge is 2.18. The Hall–Kier alpha value is -0.840. The first-order valence-electron chi connectivity index (χ1n) is 7.37. The fourth-order valence-corrected chi connectivity index (χ4v) is 3.36. The Morgan fingerprint density at radius 2 is 1.53 bits per heavy atom. The Morgan fingerprint density at radius 3 is 2.16 bits per heavy atom. The van der Waals surface area contributed by atoms with Crippen LogP contribution in [0.2, 0.25) is 0 Å². The van der Waals surface area contributed by atoms with Gasteiger partial charge in [0.2, 0.25) is 5.95 Å².